The van der Waals surface area contributed by atoms with E-state index in [2.05, 4.69) is 10.1 Å². The lowest BCUT2D eigenvalue weighted by atomic mass is 10.0. The summed E-state index contributed by atoms with van der Waals surface area (Å²) in [6.07, 6.45) is -5.91. The molecule has 1 aliphatic heterocycles. The molecule has 2 aromatic rings. The summed E-state index contributed by atoms with van der Waals surface area (Å²) < 4.78 is 100. The van der Waals surface area contributed by atoms with Crippen LogP contribution in [0, 0.1) is 0 Å². The fourth-order valence-electron chi connectivity index (χ4n) is 4.17. The van der Waals surface area contributed by atoms with E-state index >= 15 is 0 Å². The predicted octanol–water partition coefficient (Wildman–Crippen LogP) is 2.41. The van der Waals surface area contributed by atoms with Crippen molar-refractivity contribution < 1.29 is 44.4 Å². The maximum absolute atomic E-state index is 13.6. The van der Waals surface area contributed by atoms with Gasteiger partial charge in [-0.25, -0.2) is 8.42 Å². The molecule has 35 heavy (non-hydrogen) atoms. The second-order valence-corrected chi connectivity index (χ2v) is 11.1. The third-order valence-electron chi connectivity index (χ3n) is 6.27. The number of sulfone groups is 1. The molecular formula is C20H21F5N4O5S. The Kier molecular flexibility index (Phi) is 5.49. The number of hydrogen-bond donors (Lipinski definition) is 1. The van der Waals surface area contributed by atoms with Crippen molar-refractivity contribution in [3.05, 3.63) is 35.5 Å². The molecule has 4 rings (SSSR count). The first-order valence-corrected chi connectivity index (χ1v) is 12.1. The Hall–Kier alpha value is -2.81. The number of fused-ring (bicyclic) bond motifs is 1. The second-order valence-electron chi connectivity index (χ2n) is 9.12. The van der Waals surface area contributed by atoms with E-state index in [-0.39, 0.29) is 30.3 Å². The van der Waals surface area contributed by atoms with Gasteiger partial charge < -0.3 is 19.9 Å². The molecule has 1 aromatic heterocycles. The van der Waals surface area contributed by atoms with E-state index in [4.69, 9.17) is 15.0 Å². The van der Waals surface area contributed by atoms with Gasteiger partial charge in [0.1, 0.15) is 5.75 Å². The molecule has 1 aliphatic carbocycles. The van der Waals surface area contributed by atoms with Gasteiger partial charge in [-0.1, -0.05) is 5.16 Å². The van der Waals surface area contributed by atoms with Gasteiger partial charge in [-0.2, -0.15) is 26.9 Å². The highest BCUT2D eigenvalue weighted by atomic mass is 32.2. The molecule has 2 heterocycles. The van der Waals surface area contributed by atoms with E-state index < -0.39 is 62.0 Å². The normalized spacial score (nSPS) is 25.3. The zero-order valence-corrected chi connectivity index (χ0v) is 19.5. The standard InChI is InChI=1S/C20H21F5N4O5S/c1-10(20(23,24)25)33-13-5-4-11(35(3,31)32)6-12(13)14(30)29-8-18(7-19(18,26)9-29)16-27-15(28-34-16)17(2,21)22/h4-6,10H,7-9,26H2,1-3H3/t10-,18?,19?/m0/s1. The summed E-state index contributed by atoms with van der Waals surface area (Å²) >= 11 is 0. The van der Waals surface area contributed by atoms with Crippen molar-refractivity contribution >= 4 is 15.7 Å². The number of halogens is 5. The number of hydrogen-bond acceptors (Lipinski definition) is 8. The van der Waals surface area contributed by atoms with Crippen molar-refractivity contribution in [2.45, 2.75) is 54.3 Å². The van der Waals surface area contributed by atoms with Gasteiger partial charge in [0, 0.05) is 26.3 Å². The summed E-state index contributed by atoms with van der Waals surface area (Å²) in [5.74, 6) is -5.72. The SMILES string of the molecule is C[C@H](Oc1ccc(S(C)(=O)=O)cc1C(=O)N1CC2(N)CC2(c2nc(C(C)(F)F)no2)C1)C(F)(F)F. The highest BCUT2D eigenvalue weighted by molar-refractivity contribution is 7.90. The molecule has 0 radical (unpaired) electrons. The van der Waals surface area contributed by atoms with Crippen molar-refractivity contribution in [3.8, 4) is 5.75 Å². The first-order valence-electron chi connectivity index (χ1n) is 10.3. The number of nitrogens with zero attached hydrogens (tertiary/aromatic N) is 3. The van der Waals surface area contributed by atoms with Gasteiger partial charge in [-0.3, -0.25) is 4.79 Å². The van der Waals surface area contributed by atoms with E-state index in [1.54, 1.807) is 0 Å². The van der Waals surface area contributed by atoms with Gasteiger partial charge in [0.05, 0.1) is 21.4 Å². The summed E-state index contributed by atoms with van der Waals surface area (Å²) in [6, 6.07) is 2.94. The lowest BCUT2D eigenvalue weighted by Gasteiger charge is -2.24. The molecule has 2 fully saturated rings. The Bertz CT molecular complexity index is 1290. The minimum Gasteiger partial charge on any atom is -0.480 e. The second kappa shape index (κ2) is 7.59. The first-order chi connectivity index (χ1) is 15.9. The van der Waals surface area contributed by atoms with Gasteiger partial charge in [0.15, 0.2) is 15.9 Å². The maximum Gasteiger partial charge on any atom is 0.425 e. The topological polar surface area (TPSA) is 129 Å². The van der Waals surface area contributed by atoms with Crippen LogP contribution in [-0.2, 0) is 21.2 Å². The number of likely N-dealkylation sites (tertiary alicyclic amines) is 1. The number of benzene rings is 1. The largest absolute Gasteiger partial charge is 0.480 e. The van der Waals surface area contributed by atoms with E-state index in [9.17, 15) is 35.2 Å². The van der Waals surface area contributed by atoms with Gasteiger partial charge >= 0.3 is 12.1 Å². The Morgan fingerprint density at radius 2 is 1.91 bits per heavy atom. The average Bonchev–Trinajstić information content (AvgIpc) is 3.07. The van der Waals surface area contributed by atoms with E-state index in [0.29, 0.717) is 6.92 Å². The molecule has 2 aliphatic rings. The fraction of sp³-hybridized carbons (Fsp3) is 0.550. The summed E-state index contributed by atoms with van der Waals surface area (Å²) in [7, 11) is -3.81. The molecule has 9 nitrogen and oxygen atoms in total. The van der Waals surface area contributed by atoms with Gasteiger partial charge in [0.25, 0.3) is 5.91 Å². The number of nitrogens with two attached hydrogens (primary N) is 1. The molecule has 2 unspecified atom stereocenters. The molecular weight excluding hydrogens is 503 g/mol. The van der Waals surface area contributed by atoms with Crippen molar-refractivity contribution in [1.29, 1.82) is 0 Å². The van der Waals surface area contributed by atoms with Gasteiger partial charge in [-0.15, -0.1) is 0 Å². The van der Waals surface area contributed by atoms with E-state index in [0.717, 1.165) is 31.4 Å². The summed E-state index contributed by atoms with van der Waals surface area (Å²) in [5, 5.41) is 3.28. The number of ether oxygens (including phenoxy) is 1. The Labute approximate surface area is 196 Å². The van der Waals surface area contributed by atoms with Crippen LogP contribution < -0.4 is 10.5 Å². The third kappa shape index (κ3) is 4.35. The summed E-state index contributed by atoms with van der Waals surface area (Å²) in [6.45, 7) is 1.06. The Morgan fingerprint density at radius 3 is 2.46 bits per heavy atom. The van der Waals surface area contributed by atoms with E-state index in [1.165, 1.54) is 4.90 Å². The molecule has 1 saturated heterocycles. The lowest BCUT2D eigenvalue weighted by molar-refractivity contribution is -0.189. The van der Waals surface area contributed by atoms with Crippen LogP contribution in [0.5, 0.6) is 5.75 Å². The van der Waals surface area contributed by atoms with Crippen LogP contribution in [0.1, 0.15) is 42.3 Å². The molecule has 1 amide bonds. The molecule has 2 N–H and O–H groups in total. The average molecular weight is 524 g/mol. The minimum atomic E-state index is -4.74. The monoisotopic (exact) mass is 524 g/mol. The lowest BCUT2D eigenvalue weighted by Crippen LogP contribution is -2.37. The van der Waals surface area contributed by atoms with Crippen LogP contribution in [0.2, 0.25) is 0 Å². The molecule has 1 saturated carbocycles. The zero-order chi connectivity index (χ0) is 26.2. The number of aromatic nitrogens is 2. The van der Waals surface area contributed by atoms with Crippen LogP contribution >= 0.6 is 0 Å². The van der Waals surface area contributed by atoms with Crippen molar-refractivity contribution in [3.63, 3.8) is 0 Å². The highest BCUT2D eigenvalue weighted by Crippen LogP contribution is 2.60. The molecule has 192 valence electrons. The molecule has 0 bridgehead atoms. The van der Waals surface area contributed by atoms with E-state index in [1.807, 2.05) is 0 Å². The molecule has 1 aromatic carbocycles. The maximum atomic E-state index is 13.6. The molecule has 15 heteroatoms. The number of alkyl halides is 5. The number of carbonyl (C=O) groups excluding carboxylic acids is 1. The predicted molar refractivity (Wildman–Crippen MR) is 109 cm³/mol. The van der Waals surface area contributed by atoms with Crippen LogP contribution in [0.25, 0.3) is 0 Å². The summed E-state index contributed by atoms with van der Waals surface area (Å²) in [4.78, 5) is 18.0. The fourth-order valence-corrected chi connectivity index (χ4v) is 4.82. The van der Waals surface area contributed by atoms with Crippen LogP contribution in [-0.4, -0.2) is 66.5 Å². The van der Waals surface area contributed by atoms with Gasteiger partial charge in [-0.05, 0) is 31.5 Å². The summed E-state index contributed by atoms with van der Waals surface area (Å²) in [5.41, 5.74) is 3.70. The van der Waals surface area contributed by atoms with Crippen molar-refractivity contribution in [1.82, 2.24) is 15.0 Å². The highest BCUT2D eigenvalue weighted by Gasteiger charge is 2.75. The minimum absolute atomic E-state index is 0.108. The van der Waals surface area contributed by atoms with Crippen LogP contribution in [0.3, 0.4) is 0 Å². The number of rotatable bonds is 6. The Morgan fingerprint density at radius 1 is 1.26 bits per heavy atom. The first kappa shape index (κ1) is 25.3. The van der Waals surface area contributed by atoms with Crippen molar-refractivity contribution in [2.24, 2.45) is 5.73 Å². The Balaban J connectivity index is 1.67. The zero-order valence-electron chi connectivity index (χ0n) is 18.7. The smallest absolute Gasteiger partial charge is 0.425 e. The number of carbonyl (C=O) groups is 1. The van der Waals surface area contributed by atoms with Crippen molar-refractivity contribution in [2.75, 3.05) is 19.3 Å². The van der Waals surface area contributed by atoms with Crippen LogP contribution in [0.15, 0.2) is 27.6 Å². The van der Waals surface area contributed by atoms with Crippen LogP contribution in [0.4, 0.5) is 22.0 Å². The molecule has 0 spiro atoms. The number of piperidine rings is 1. The van der Waals surface area contributed by atoms with Gasteiger partial charge in [0.2, 0.25) is 11.7 Å². The third-order valence-corrected chi connectivity index (χ3v) is 7.38. The number of amides is 1. The quantitative estimate of drug-likeness (QED) is 0.571. The molecule has 3 atom stereocenters.